The van der Waals surface area contributed by atoms with Gasteiger partial charge in [0.25, 0.3) is 5.91 Å². The Morgan fingerprint density at radius 3 is 2.50 bits per heavy atom. The lowest BCUT2D eigenvalue weighted by molar-refractivity contribution is -0.119. The Morgan fingerprint density at radius 2 is 1.73 bits per heavy atom. The summed E-state index contributed by atoms with van der Waals surface area (Å²) < 4.78 is 0. The molecule has 0 saturated heterocycles. The zero-order valence-corrected chi connectivity index (χ0v) is 14.6. The zero-order valence-electron chi connectivity index (χ0n) is 14.6. The zero-order chi connectivity index (χ0) is 18.1. The van der Waals surface area contributed by atoms with Gasteiger partial charge in [-0.15, -0.1) is 0 Å². The first-order chi connectivity index (χ1) is 12.6. The molecular weight excluding hydrogens is 324 g/mol. The van der Waals surface area contributed by atoms with E-state index in [1.807, 2.05) is 54.6 Å². The molecule has 4 heteroatoms. The fourth-order valence-corrected chi connectivity index (χ4v) is 3.50. The average molecular weight is 344 g/mol. The minimum Gasteiger partial charge on any atom is -0.354 e. The van der Waals surface area contributed by atoms with E-state index in [2.05, 4.69) is 24.4 Å². The highest BCUT2D eigenvalue weighted by Crippen LogP contribution is 2.36. The van der Waals surface area contributed by atoms with Crippen molar-refractivity contribution in [2.75, 3.05) is 18.0 Å². The van der Waals surface area contributed by atoms with Crippen LogP contribution in [0.2, 0.25) is 0 Å². The van der Waals surface area contributed by atoms with Crippen molar-refractivity contribution in [2.24, 2.45) is 0 Å². The van der Waals surface area contributed by atoms with Gasteiger partial charge in [-0.1, -0.05) is 61.5 Å². The first-order valence-electron chi connectivity index (χ1n) is 8.80. The Kier molecular flexibility index (Phi) is 4.17. The van der Waals surface area contributed by atoms with Crippen molar-refractivity contribution in [1.29, 1.82) is 0 Å². The van der Waals surface area contributed by atoms with Crippen LogP contribution in [-0.4, -0.2) is 24.9 Å². The van der Waals surface area contributed by atoms with E-state index >= 15 is 0 Å². The number of benzene rings is 3. The van der Waals surface area contributed by atoms with Gasteiger partial charge in [-0.25, -0.2) is 0 Å². The molecule has 1 aliphatic rings. The van der Waals surface area contributed by atoms with Crippen molar-refractivity contribution in [1.82, 2.24) is 5.32 Å². The van der Waals surface area contributed by atoms with Crippen molar-refractivity contribution in [3.8, 4) is 0 Å². The highest BCUT2D eigenvalue weighted by molar-refractivity contribution is 6.26. The van der Waals surface area contributed by atoms with E-state index in [1.54, 1.807) is 4.90 Å². The number of carbonyl (C=O) groups excluding carboxylic acids is 2. The number of anilines is 1. The van der Waals surface area contributed by atoms with Gasteiger partial charge in [-0.2, -0.15) is 0 Å². The number of amides is 2. The Labute approximate surface area is 152 Å². The number of nitrogens with zero attached hydrogens (tertiary/aromatic N) is 1. The van der Waals surface area contributed by atoms with Crippen LogP contribution in [-0.2, 0) is 4.79 Å². The van der Waals surface area contributed by atoms with Crippen molar-refractivity contribution < 1.29 is 9.59 Å². The summed E-state index contributed by atoms with van der Waals surface area (Å²) in [4.78, 5) is 26.7. The largest absolute Gasteiger partial charge is 0.354 e. The Morgan fingerprint density at radius 1 is 1.00 bits per heavy atom. The summed E-state index contributed by atoms with van der Waals surface area (Å²) in [5.74, 6) is -0.0379. The second kappa shape index (κ2) is 6.64. The summed E-state index contributed by atoms with van der Waals surface area (Å²) in [7, 11) is 0. The summed E-state index contributed by atoms with van der Waals surface area (Å²) in [6.45, 7) is 2.66. The molecular formula is C22H20N2O2. The Bertz CT molecular complexity index is 977. The van der Waals surface area contributed by atoms with Crippen LogP contribution in [0.25, 0.3) is 10.8 Å². The molecule has 2 amide bonds. The first kappa shape index (κ1) is 16.3. The topological polar surface area (TPSA) is 49.4 Å². The number of carbonyl (C=O) groups is 2. The minimum atomic E-state index is -0.147. The summed E-state index contributed by atoms with van der Waals surface area (Å²) >= 11 is 0. The summed E-state index contributed by atoms with van der Waals surface area (Å²) in [6, 6.07) is 21.6. The second-order valence-corrected chi connectivity index (χ2v) is 6.69. The van der Waals surface area contributed by atoms with Crippen molar-refractivity contribution in [2.45, 2.75) is 12.8 Å². The fourth-order valence-electron chi connectivity index (χ4n) is 3.50. The van der Waals surface area contributed by atoms with Gasteiger partial charge in [0, 0.05) is 17.5 Å². The summed E-state index contributed by atoms with van der Waals surface area (Å²) in [5, 5.41) is 4.91. The van der Waals surface area contributed by atoms with Crippen LogP contribution < -0.4 is 10.2 Å². The van der Waals surface area contributed by atoms with Crippen LogP contribution >= 0.6 is 0 Å². The molecule has 0 spiro atoms. The molecule has 3 aromatic carbocycles. The van der Waals surface area contributed by atoms with Crippen LogP contribution in [0.15, 0.2) is 66.7 Å². The molecule has 3 aromatic rings. The molecule has 0 radical (unpaired) electrons. The number of hydrogen-bond acceptors (Lipinski definition) is 2. The molecule has 4 rings (SSSR count). The van der Waals surface area contributed by atoms with Crippen LogP contribution in [0.1, 0.15) is 28.8 Å². The normalized spacial score (nSPS) is 13.9. The first-order valence-corrected chi connectivity index (χ1v) is 8.80. The van der Waals surface area contributed by atoms with Crippen LogP contribution in [0, 0.1) is 0 Å². The van der Waals surface area contributed by atoms with E-state index in [9.17, 15) is 9.59 Å². The van der Waals surface area contributed by atoms with Crippen molar-refractivity contribution in [3.63, 3.8) is 0 Å². The number of nitrogens with one attached hydrogen (secondary N) is 1. The number of hydrogen-bond donors (Lipinski definition) is 1. The molecule has 0 aliphatic carbocycles. The Hall–Kier alpha value is -3.14. The van der Waals surface area contributed by atoms with E-state index in [0.29, 0.717) is 12.1 Å². The van der Waals surface area contributed by atoms with Crippen molar-refractivity contribution in [3.05, 3.63) is 77.9 Å². The van der Waals surface area contributed by atoms with E-state index < -0.39 is 0 Å². The van der Waals surface area contributed by atoms with Gasteiger partial charge < -0.3 is 5.32 Å². The maximum Gasteiger partial charge on any atom is 0.259 e. The van der Waals surface area contributed by atoms with Gasteiger partial charge >= 0.3 is 0 Å². The maximum absolute atomic E-state index is 12.7. The van der Waals surface area contributed by atoms with Gasteiger partial charge in [0.1, 0.15) is 6.54 Å². The Balaban J connectivity index is 1.46. The smallest absolute Gasteiger partial charge is 0.259 e. The molecule has 0 fully saturated rings. The molecule has 1 heterocycles. The van der Waals surface area contributed by atoms with Crippen LogP contribution in [0.4, 0.5) is 5.69 Å². The predicted molar refractivity (Wildman–Crippen MR) is 103 cm³/mol. The molecule has 4 nitrogen and oxygen atoms in total. The van der Waals surface area contributed by atoms with E-state index in [0.717, 1.165) is 16.5 Å². The minimum absolute atomic E-state index is 0.0358. The molecule has 0 bridgehead atoms. The lowest BCUT2D eigenvalue weighted by Gasteiger charge is -2.18. The molecule has 1 atom stereocenters. The number of rotatable bonds is 5. The summed E-state index contributed by atoms with van der Waals surface area (Å²) in [5.41, 5.74) is 2.67. The predicted octanol–water partition coefficient (Wildman–Crippen LogP) is 3.72. The van der Waals surface area contributed by atoms with Gasteiger partial charge in [-0.3, -0.25) is 14.5 Å². The lowest BCUT2D eigenvalue weighted by atomic mass is 10.0. The van der Waals surface area contributed by atoms with E-state index in [-0.39, 0.29) is 24.3 Å². The molecule has 130 valence electrons. The molecule has 26 heavy (non-hydrogen) atoms. The van der Waals surface area contributed by atoms with E-state index in [4.69, 9.17) is 0 Å². The molecule has 0 unspecified atom stereocenters. The monoisotopic (exact) mass is 344 g/mol. The highest BCUT2D eigenvalue weighted by Gasteiger charge is 2.30. The van der Waals surface area contributed by atoms with Crippen LogP contribution in [0.5, 0.6) is 0 Å². The molecule has 1 aliphatic heterocycles. The third-order valence-electron chi connectivity index (χ3n) is 4.92. The maximum atomic E-state index is 12.7. The average Bonchev–Trinajstić information content (AvgIpc) is 2.95. The molecule has 0 aromatic heterocycles. The fraction of sp³-hybridized carbons (Fsp3) is 0.182. The third kappa shape index (κ3) is 2.84. The second-order valence-electron chi connectivity index (χ2n) is 6.69. The third-order valence-corrected chi connectivity index (χ3v) is 4.92. The molecule has 0 saturated carbocycles. The SMILES string of the molecule is C[C@@H](CNC(=O)CN1C(=O)c2cccc3cccc1c23)c1ccccc1. The highest BCUT2D eigenvalue weighted by atomic mass is 16.2. The molecule has 1 N–H and O–H groups in total. The quantitative estimate of drug-likeness (QED) is 0.767. The van der Waals surface area contributed by atoms with Gasteiger partial charge in [0.2, 0.25) is 5.91 Å². The summed E-state index contributed by atoms with van der Waals surface area (Å²) in [6.07, 6.45) is 0. The van der Waals surface area contributed by atoms with Gasteiger partial charge in [0.15, 0.2) is 0 Å². The van der Waals surface area contributed by atoms with Crippen LogP contribution in [0.3, 0.4) is 0 Å². The standard InChI is InChI=1S/C22H20N2O2/c1-15(16-7-3-2-4-8-16)13-23-20(25)14-24-19-12-6-10-17-9-5-11-18(21(17)19)22(24)26/h2-12,15H,13-14H2,1H3,(H,23,25)/t15-/m0/s1. The van der Waals surface area contributed by atoms with Gasteiger partial charge in [0.05, 0.1) is 5.69 Å². The van der Waals surface area contributed by atoms with Crippen molar-refractivity contribution >= 4 is 28.3 Å². The lowest BCUT2D eigenvalue weighted by Crippen LogP contribution is -2.40. The van der Waals surface area contributed by atoms with Gasteiger partial charge in [-0.05, 0) is 29.0 Å². The van der Waals surface area contributed by atoms with E-state index in [1.165, 1.54) is 5.56 Å².